The Morgan fingerprint density at radius 2 is 0.524 bits per heavy atom. The normalized spacial score (nSPS) is 49.6. The molecule has 0 radical (unpaired) electrons. The van der Waals surface area contributed by atoms with Gasteiger partial charge in [0.05, 0.1) is 78.8 Å². The Labute approximate surface area is 823 Å². The lowest BCUT2D eigenvalue weighted by Crippen LogP contribution is -2.72. The number of hydrogen-bond acceptors (Lipinski definition) is 59. The number of ether oxygens (including phenoxy) is 26. The second-order valence-corrected chi connectivity index (χ2v) is 36.9. The summed E-state index contributed by atoms with van der Waals surface area (Å²) in [6.45, 7) is -6.51. The van der Waals surface area contributed by atoms with Crippen molar-refractivity contribution in [2.45, 2.75) is 397 Å². The van der Waals surface area contributed by atoms with Crippen LogP contribution in [0.3, 0.4) is 0 Å². The van der Waals surface area contributed by atoms with Gasteiger partial charge in [0.1, 0.15) is 281 Å². The molecule has 0 aromatic heterocycles. The first-order chi connectivity index (χ1) is 68.7. The summed E-state index contributed by atoms with van der Waals surface area (Å²) in [4.78, 5) is 53.5. The van der Waals surface area contributed by atoms with Crippen molar-refractivity contribution in [1.82, 2.24) is 21.3 Å². The SMILES string of the molecule is CO[C@@H]1[C@@H](O)[C@@H](CO)O[C@@H](OC[C@H]2O[C@@H](O[C@H]3[C@H](O)[C@@H](NC(C)=O)[C@H](O[C@@H]4[C@@H](O[C@H]5[C@H](O)[C@@H](CO[C@H]6O[C@H](CO)[C@@H](O)[C@H](O)[C@@H]6O)O[C@@H](O[C@H]6[C@H](O)[C@@H](NC(C)=O)[C@H](O[C@H]7[C@H](O)[C@@H](NC(C)=O)C(O)O[C@@H]7CO[C@@H]7O[C@@H](C)[C@@H](O)[C@@H](O)[C@@H]7O)O[C@@H]6CO)[C@H]5O[C@@H]5OC[C@@H](O)[C@H](O)[C@H]5O)O[C@H](CO)[C@@H](O)[C@@H]4O)O[C@@H]3CO)[C@H](NC(C)=O)[C@@H](O[C@@H]3O[C@H](CO[C@@H]4O[C@H](CO)[C@H](O)[C@H](OC)[C@H]4O)[C@H](O)[C@H](OC)[C@H]3O)[C@@H]2O)[C@@H]1O. The highest BCUT2D eigenvalue weighted by atomic mass is 16.8. The Hall–Kier alpha value is -4.32. The lowest BCUT2D eigenvalue weighted by atomic mass is 9.93. The second kappa shape index (κ2) is 52.7. The van der Waals surface area contributed by atoms with Gasteiger partial charge in [-0.3, -0.25) is 19.2 Å². The molecule has 1 unspecified atom stereocenters. The molecular formula is C82H138N4O59. The van der Waals surface area contributed by atoms with Gasteiger partial charge in [0, 0.05) is 49.0 Å². The number of aliphatic hydroxyl groups excluding tert-OH is 29. The van der Waals surface area contributed by atoms with Crippen LogP contribution in [0.25, 0.3) is 0 Å². The molecule has 145 heavy (non-hydrogen) atoms. The molecule has 0 aromatic carbocycles. The minimum atomic E-state index is -2.60. The van der Waals surface area contributed by atoms with Gasteiger partial charge in [-0.25, -0.2) is 0 Å². The summed E-state index contributed by atoms with van der Waals surface area (Å²) in [5, 5.41) is 340. The summed E-state index contributed by atoms with van der Waals surface area (Å²) >= 11 is 0. The Bertz CT molecular complexity index is 3980. The van der Waals surface area contributed by atoms with E-state index < -0.39 is 458 Å². The third kappa shape index (κ3) is 26.7. The highest BCUT2D eigenvalue weighted by Crippen LogP contribution is 2.43. The monoisotopic (exact) mass is 2120 g/mol. The predicted octanol–water partition coefficient (Wildman–Crippen LogP) is -23.0. The van der Waals surface area contributed by atoms with Gasteiger partial charge in [-0.15, -0.1) is 0 Å². The Balaban J connectivity index is 0.886. The van der Waals surface area contributed by atoms with Gasteiger partial charge < -0.3 is 293 Å². The van der Waals surface area contributed by atoms with Crippen molar-refractivity contribution in [3.05, 3.63) is 0 Å². The van der Waals surface area contributed by atoms with E-state index in [4.69, 9.17) is 123 Å². The van der Waals surface area contributed by atoms with E-state index in [9.17, 15) is 167 Å². The van der Waals surface area contributed by atoms with Gasteiger partial charge in [0.2, 0.25) is 23.6 Å². The minimum Gasteiger partial charge on any atom is -0.394 e. The fraction of sp³-hybridized carbons (Fsp3) is 0.951. The first-order valence-corrected chi connectivity index (χ1v) is 46.6. The number of hydrogen-bond donors (Lipinski definition) is 33. The topological polar surface area (TPSA) is 943 Å². The molecule has 0 saturated carbocycles. The number of carbonyl (C=O) groups excluding carboxylic acids is 4. The summed E-state index contributed by atoms with van der Waals surface area (Å²) < 4.78 is 156. The molecule has 4 amide bonds. The largest absolute Gasteiger partial charge is 0.394 e. The van der Waals surface area contributed by atoms with Crippen LogP contribution < -0.4 is 21.3 Å². The maximum Gasteiger partial charge on any atom is 0.217 e. The zero-order valence-electron chi connectivity index (χ0n) is 79.1. The standard InChI is InChI=1S/C82H138N4O59/c1-20-40(98)52(110)56(114)75(128-20)127-19-35-63(49(107)36(71(119)129-35)83-21(2)93)140-72-37(84-22(3)94)51(109)62(31(14-92)134-72)141-82-70(145-77-55(113)41(99)25(97)15-123-77)68(48(106)34(138-82)18-124-76-57(115)53(111)42(100)26(9-87)130-76)143-81-69(54(112)43(101)27(10-88)133-81)144-73-38(85-23(4)95)50(108)61(30(13-91)135-73)139-74-39(86-24(5)96)64(46(104)32(136-74)16-125-78-58(116)65(120-6)44(102)28(11-89)131-78)142-80-60(118)67(122-8)47(105)33(137-80)17-126-79-59(117)66(121-7)45(103)29(12-90)132-79/h20,25-82,87-92,97-119H,9-19H2,1-8H3,(H,83,93)(H,84,94)(H,85,95)(H,86,96)/t20-,25+,26+,27+,28+,29+,30+,31+,32+,33+,34+,35+,36+,37+,38+,39+,40+,41-,42+,43+,44-,45-,46+,47-,48+,49+,50+,51+,52+,53-,54-,55+,56-,57-,58+,59+,60+,61+,62+,63+,64+,65+,66-,67-,68-,69-,70-,71?,72-,73-,74-,75+,76-,77-,78+,79+,80-,81+,82-/m0/s1. The van der Waals surface area contributed by atoms with Crippen molar-refractivity contribution in [1.29, 1.82) is 0 Å². The van der Waals surface area contributed by atoms with Crippen LogP contribution in [0, 0.1) is 0 Å². The molecule has 12 saturated heterocycles. The number of methoxy groups -OCH3 is 3. The Kier molecular flexibility index (Phi) is 43.4. The van der Waals surface area contributed by atoms with E-state index in [1.165, 1.54) is 6.92 Å². The summed E-state index contributed by atoms with van der Waals surface area (Å²) in [6.07, 6.45) is -113. The van der Waals surface area contributed by atoms with Crippen LogP contribution in [0.1, 0.15) is 34.6 Å². The zero-order valence-corrected chi connectivity index (χ0v) is 79.1. The molecule has 63 heteroatoms. The average Bonchev–Trinajstić information content (AvgIpc) is 0.753. The molecular weight excluding hydrogens is 1980 g/mol. The number of rotatable bonds is 39. The highest BCUT2D eigenvalue weighted by Gasteiger charge is 2.64. The van der Waals surface area contributed by atoms with Crippen LogP contribution in [-0.2, 0) is 142 Å². The van der Waals surface area contributed by atoms with E-state index in [0.29, 0.717) is 0 Å². The maximum atomic E-state index is 13.7. The molecule has 12 aliphatic rings. The van der Waals surface area contributed by atoms with E-state index in [1.807, 2.05) is 0 Å². The van der Waals surface area contributed by atoms with Gasteiger partial charge in [-0.1, -0.05) is 0 Å². The second-order valence-electron chi connectivity index (χ2n) is 36.9. The van der Waals surface area contributed by atoms with Crippen LogP contribution in [0.4, 0.5) is 0 Å². The minimum absolute atomic E-state index is 0.817. The molecule has 12 rings (SSSR count). The van der Waals surface area contributed by atoms with Crippen LogP contribution in [0.2, 0.25) is 0 Å². The van der Waals surface area contributed by atoms with Crippen molar-refractivity contribution in [2.75, 3.05) is 94.0 Å². The maximum absolute atomic E-state index is 13.7. The van der Waals surface area contributed by atoms with E-state index >= 15 is 0 Å². The van der Waals surface area contributed by atoms with Crippen molar-refractivity contribution in [2.24, 2.45) is 0 Å². The number of aliphatic hydroxyl groups is 29. The lowest BCUT2D eigenvalue weighted by Gasteiger charge is -2.52. The predicted molar refractivity (Wildman–Crippen MR) is 448 cm³/mol. The van der Waals surface area contributed by atoms with E-state index in [1.54, 1.807) is 0 Å². The lowest BCUT2D eigenvalue weighted by molar-refractivity contribution is -0.411. The average molecular weight is 2120 g/mol. The van der Waals surface area contributed by atoms with E-state index in [0.717, 1.165) is 49.0 Å². The van der Waals surface area contributed by atoms with Crippen LogP contribution in [0.5, 0.6) is 0 Å². The third-order valence-electron chi connectivity index (χ3n) is 26.9. The molecule has 63 nitrogen and oxygen atoms in total. The molecule has 59 atom stereocenters. The summed E-state index contributed by atoms with van der Waals surface area (Å²) in [5.74, 6) is -3.98. The molecule has 0 aromatic rings. The fourth-order valence-corrected chi connectivity index (χ4v) is 19.0. The van der Waals surface area contributed by atoms with Crippen LogP contribution >= 0.6 is 0 Å². The first-order valence-electron chi connectivity index (χ1n) is 46.6. The Morgan fingerprint density at radius 3 is 0.979 bits per heavy atom. The quantitative estimate of drug-likeness (QED) is 0.0272. The zero-order chi connectivity index (χ0) is 106. The molecule has 0 bridgehead atoms. The van der Waals surface area contributed by atoms with Crippen molar-refractivity contribution < 1.29 is 290 Å². The summed E-state index contributed by atoms with van der Waals surface area (Å²) in [7, 11) is 3.25. The van der Waals surface area contributed by atoms with Crippen molar-refractivity contribution in [3.63, 3.8) is 0 Å². The number of nitrogens with one attached hydrogen (secondary N) is 4. The summed E-state index contributed by atoms with van der Waals surface area (Å²) in [6, 6.07) is -8.12. The third-order valence-corrected chi connectivity index (χ3v) is 26.9. The first kappa shape index (κ1) is 119. The summed E-state index contributed by atoms with van der Waals surface area (Å²) in [5.41, 5.74) is 0. The smallest absolute Gasteiger partial charge is 0.217 e. The molecule has 0 spiro atoms. The van der Waals surface area contributed by atoms with Crippen LogP contribution in [-0.4, -0.2) is 628 Å². The van der Waals surface area contributed by atoms with E-state index in [2.05, 4.69) is 21.3 Å². The van der Waals surface area contributed by atoms with Gasteiger partial charge >= 0.3 is 0 Å². The van der Waals surface area contributed by atoms with Gasteiger partial charge in [0.25, 0.3) is 0 Å². The number of amides is 4. The molecule has 12 aliphatic heterocycles. The fourth-order valence-electron chi connectivity index (χ4n) is 19.0. The molecule has 33 N–H and O–H groups in total. The van der Waals surface area contributed by atoms with Gasteiger partial charge in [-0.05, 0) is 6.92 Å². The van der Waals surface area contributed by atoms with Gasteiger partial charge in [0.15, 0.2) is 75.5 Å². The van der Waals surface area contributed by atoms with E-state index in [-0.39, 0.29) is 0 Å². The number of carbonyl (C=O) groups is 4. The molecule has 840 valence electrons. The van der Waals surface area contributed by atoms with Crippen LogP contribution in [0.15, 0.2) is 0 Å². The Morgan fingerprint density at radius 1 is 0.234 bits per heavy atom. The molecule has 12 fully saturated rings. The highest BCUT2D eigenvalue weighted by molar-refractivity contribution is 5.74. The van der Waals surface area contributed by atoms with Crippen molar-refractivity contribution in [3.8, 4) is 0 Å². The molecule has 0 aliphatic carbocycles. The molecule has 12 heterocycles. The van der Waals surface area contributed by atoms with Gasteiger partial charge in [-0.2, -0.15) is 0 Å². The van der Waals surface area contributed by atoms with Crippen molar-refractivity contribution >= 4 is 23.6 Å².